The highest BCUT2D eigenvalue weighted by Gasteiger charge is 2.34. The number of thioether (sulfide) groups is 1. The van der Waals surface area contributed by atoms with Crippen molar-refractivity contribution in [1.82, 2.24) is 4.90 Å². The van der Waals surface area contributed by atoms with E-state index in [0.29, 0.717) is 33.9 Å². The van der Waals surface area contributed by atoms with Crippen LogP contribution < -0.4 is 9.47 Å². The molecule has 2 aromatic rings. The molecule has 1 atom stereocenters. The summed E-state index contributed by atoms with van der Waals surface area (Å²) in [7, 11) is 1.60. The minimum absolute atomic E-state index is 0.0694. The van der Waals surface area contributed by atoms with Gasteiger partial charge in [0.05, 0.1) is 24.7 Å². The number of ether oxygens (including phenoxy) is 3. The van der Waals surface area contributed by atoms with Crippen molar-refractivity contribution in [2.75, 3.05) is 20.3 Å². The van der Waals surface area contributed by atoms with Crippen LogP contribution in [0, 0.1) is 0 Å². The van der Waals surface area contributed by atoms with Gasteiger partial charge in [0, 0.05) is 11.1 Å². The van der Waals surface area contributed by atoms with Crippen molar-refractivity contribution in [3.05, 3.63) is 63.0 Å². The normalized spacial score (nSPS) is 20.0. The molecule has 2 saturated heterocycles. The maximum absolute atomic E-state index is 12.8. The smallest absolute Gasteiger partial charge is 0.266 e. The van der Waals surface area contributed by atoms with Crippen LogP contribution in [0.25, 0.3) is 6.08 Å². The summed E-state index contributed by atoms with van der Waals surface area (Å²) in [5.74, 6) is 1.19. The molecule has 2 fully saturated rings. The van der Waals surface area contributed by atoms with Gasteiger partial charge in [-0.05, 0) is 54.3 Å². The zero-order valence-electron chi connectivity index (χ0n) is 17.0. The van der Waals surface area contributed by atoms with Gasteiger partial charge in [-0.2, -0.15) is 0 Å². The van der Waals surface area contributed by atoms with E-state index in [1.54, 1.807) is 12.0 Å². The molecule has 31 heavy (non-hydrogen) atoms. The molecule has 8 heteroatoms. The van der Waals surface area contributed by atoms with Crippen molar-refractivity contribution in [2.45, 2.75) is 25.6 Å². The lowest BCUT2D eigenvalue weighted by atomic mass is 10.1. The summed E-state index contributed by atoms with van der Waals surface area (Å²) in [5.41, 5.74) is 1.91. The molecule has 2 aliphatic rings. The second-order valence-electron chi connectivity index (χ2n) is 7.25. The Kier molecular flexibility index (Phi) is 7.32. The number of amides is 1. The average molecular weight is 520 g/mol. The van der Waals surface area contributed by atoms with Crippen LogP contribution >= 0.6 is 39.9 Å². The molecular formula is C23H22BrNO4S2. The lowest BCUT2D eigenvalue weighted by molar-refractivity contribution is -0.123. The van der Waals surface area contributed by atoms with Gasteiger partial charge in [-0.25, -0.2) is 0 Å². The molecule has 162 valence electrons. The molecule has 1 amide bonds. The quantitative estimate of drug-likeness (QED) is 0.359. The number of hydrogen-bond acceptors (Lipinski definition) is 6. The number of halogens is 1. The summed E-state index contributed by atoms with van der Waals surface area (Å²) < 4.78 is 18.7. The lowest BCUT2D eigenvalue weighted by Gasteiger charge is -2.18. The largest absolute Gasteiger partial charge is 0.493 e. The van der Waals surface area contributed by atoms with Gasteiger partial charge in [0.2, 0.25) is 0 Å². The summed E-state index contributed by atoms with van der Waals surface area (Å²) in [6.45, 7) is 1.71. The first kappa shape index (κ1) is 22.3. The van der Waals surface area contributed by atoms with Crippen LogP contribution in [0.3, 0.4) is 0 Å². The fourth-order valence-electron chi connectivity index (χ4n) is 3.44. The van der Waals surface area contributed by atoms with Gasteiger partial charge in [-0.1, -0.05) is 58.1 Å². The van der Waals surface area contributed by atoms with E-state index in [-0.39, 0.29) is 12.0 Å². The Bertz CT molecular complexity index is 1000. The number of carbonyl (C=O) groups excluding carboxylic acids is 1. The summed E-state index contributed by atoms with van der Waals surface area (Å²) in [4.78, 5) is 15.1. The summed E-state index contributed by atoms with van der Waals surface area (Å²) in [6.07, 6.45) is 3.92. The van der Waals surface area contributed by atoms with E-state index in [4.69, 9.17) is 26.4 Å². The molecule has 5 nitrogen and oxygen atoms in total. The van der Waals surface area contributed by atoms with Gasteiger partial charge in [0.1, 0.15) is 10.9 Å². The van der Waals surface area contributed by atoms with Crippen molar-refractivity contribution in [3.63, 3.8) is 0 Å². The van der Waals surface area contributed by atoms with Crippen molar-refractivity contribution in [2.24, 2.45) is 0 Å². The standard InChI is InChI=1S/C23H22BrNO4S2/c1-27-20-11-16(6-9-19(20)29-14-15-4-7-17(24)8-5-15)12-21-22(26)25(23(30)31-21)13-18-3-2-10-28-18/h4-9,11-12,18H,2-3,10,13-14H2,1H3/b21-12-/t18-/m1/s1. The number of nitrogens with zero attached hydrogens (tertiary/aromatic N) is 1. The molecule has 0 saturated carbocycles. The predicted molar refractivity (Wildman–Crippen MR) is 130 cm³/mol. The van der Waals surface area contributed by atoms with E-state index >= 15 is 0 Å². The molecule has 0 radical (unpaired) electrons. The summed E-state index contributed by atoms with van der Waals surface area (Å²) in [5, 5.41) is 0. The Morgan fingerprint density at radius 3 is 2.77 bits per heavy atom. The van der Waals surface area contributed by atoms with Gasteiger partial charge in [-0.3, -0.25) is 9.69 Å². The van der Waals surface area contributed by atoms with Gasteiger partial charge in [-0.15, -0.1) is 0 Å². The Hall–Kier alpha value is -1.87. The Morgan fingerprint density at radius 2 is 2.06 bits per heavy atom. The molecule has 2 aromatic carbocycles. The van der Waals surface area contributed by atoms with Crippen molar-refractivity contribution >= 4 is 56.2 Å². The van der Waals surface area contributed by atoms with Crippen LogP contribution in [0.4, 0.5) is 0 Å². The molecule has 4 rings (SSSR count). The van der Waals surface area contributed by atoms with Gasteiger partial charge >= 0.3 is 0 Å². The fraction of sp³-hybridized carbons (Fsp3) is 0.304. The molecule has 0 aliphatic carbocycles. The van der Waals surface area contributed by atoms with E-state index in [9.17, 15) is 4.79 Å². The average Bonchev–Trinajstić information content (AvgIpc) is 3.38. The molecule has 2 aliphatic heterocycles. The van der Waals surface area contributed by atoms with E-state index in [1.807, 2.05) is 48.5 Å². The summed E-state index contributed by atoms with van der Waals surface area (Å²) >= 11 is 10.2. The minimum atomic E-state index is -0.0694. The zero-order valence-corrected chi connectivity index (χ0v) is 20.2. The van der Waals surface area contributed by atoms with E-state index in [0.717, 1.165) is 35.0 Å². The van der Waals surface area contributed by atoms with Crippen LogP contribution in [-0.2, 0) is 16.1 Å². The third-order valence-corrected chi connectivity index (χ3v) is 6.98. The zero-order chi connectivity index (χ0) is 21.8. The number of methoxy groups -OCH3 is 1. The van der Waals surface area contributed by atoms with Gasteiger partial charge in [0.15, 0.2) is 11.5 Å². The Balaban J connectivity index is 1.45. The van der Waals surface area contributed by atoms with Crippen LogP contribution in [0.2, 0.25) is 0 Å². The van der Waals surface area contributed by atoms with E-state index < -0.39 is 0 Å². The molecule has 0 aromatic heterocycles. The van der Waals surface area contributed by atoms with Crippen LogP contribution in [0.15, 0.2) is 51.8 Å². The fourth-order valence-corrected chi connectivity index (χ4v) is 4.98. The summed E-state index contributed by atoms with van der Waals surface area (Å²) in [6, 6.07) is 13.6. The van der Waals surface area contributed by atoms with Crippen molar-refractivity contribution < 1.29 is 19.0 Å². The van der Waals surface area contributed by atoms with E-state index in [2.05, 4.69) is 15.9 Å². The molecule has 2 heterocycles. The minimum Gasteiger partial charge on any atom is -0.493 e. The Morgan fingerprint density at radius 1 is 1.26 bits per heavy atom. The maximum atomic E-state index is 12.8. The number of benzene rings is 2. The lowest BCUT2D eigenvalue weighted by Crippen LogP contribution is -2.35. The van der Waals surface area contributed by atoms with E-state index in [1.165, 1.54) is 11.8 Å². The molecule has 0 unspecified atom stereocenters. The topological polar surface area (TPSA) is 48.0 Å². The highest BCUT2D eigenvalue weighted by Crippen LogP contribution is 2.35. The molecular weight excluding hydrogens is 498 g/mol. The van der Waals surface area contributed by atoms with Gasteiger partial charge in [0.25, 0.3) is 5.91 Å². The van der Waals surface area contributed by atoms with Crippen molar-refractivity contribution in [1.29, 1.82) is 0 Å². The number of hydrogen-bond donors (Lipinski definition) is 0. The molecule has 0 spiro atoms. The van der Waals surface area contributed by atoms with Crippen molar-refractivity contribution in [3.8, 4) is 11.5 Å². The number of carbonyl (C=O) groups is 1. The van der Waals surface area contributed by atoms with Gasteiger partial charge < -0.3 is 14.2 Å². The second kappa shape index (κ2) is 10.2. The van der Waals surface area contributed by atoms with Crippen LogP contribution in [0.1, 0.15) is 24.0 Å². The highest BCUT2D eigenvalue weighted by atomic mass is 79.9. The molecule has 0 bridgehead atoms. The van der Waals surface area contributed by atoms with Crippen LogP contribution in [0.5, 0.6) is 11.5 Å². The highest BCUT2D eigenvalue weighted by molar-refractivity contribution is 9.10. The first-order chi connectivity index (χ1) is 15.0. The second-order valence-corrected chi connectivity index (χ2v) is 9.84. The SMILES string of the molecule is COc1cc(/C=C2\SC(=S)N(C[C@H]3CCCO3)C2=O)ccc1OCc1ccc(Br)cc1. The third-order valence-electron chi connectivity index (χ3n) is 5.08. The monoisotopic (exact) mass is 519 g/mol. The predicted octanol–water partition coefficient (Wildman–Crippen LogP) is 5.42. The number of thiocarbonyl (C=S) groups is 1. The first-order valence-corrected chi connectivity index (χ1v) is 12.0. The third kappa shape index (κ3) is 5.49. The number of rotatable bonds is 7. The van der Waals surface area contributed by atoms with Crippen LogP contribution in [-0.4, -0.2) is 41.5 Å². The maximum Gasteiger partial charge on any atom is 0.266 e. The molecule has 0 N–H and O–H groups in total. The Labute approximate surface area is 199 Å². The first-order valence-electron chi connectivity index (χ1n) is 9.96.